The maximum atomic E-state index is 5.17. The molecular weight excluding hydrogens is 445 g/mol. The minimum absolute atomic E-state index is 0. The number of nitrogens with one attached hydrogen (secondary N) is 1. The lowest BCUT2D eigenvalue weighted by molar-refractivity contribution is 0.121. The van der Waals surface area contributed by atoms with Crippen molar-refractivity contribution in [2.24, 2.45) is 18.0 Å². The zero-order chi connectivity index (χ0) is 18.1. The third-order valence-electron chi connectivity index (χ3n) is 4.70. The van der Waals surface area contributed by atoms with Crippen molar-refractivity contribution in [2.45, 2.75) is 26.3 Å². The number of aliphatic imine (C=N–C) groups is 1. The van der Waals surface area contributed by atoms with Gasteiger partial charge in [0.15, 0.2) is 5.96 Å². The average Bonchev–Trinajstić information content (AvgIpc) is 3.02. The fourth-order valence-electron chi connectivity index (χ4n) is 3.05. The first kappa shape index (κ1) is 23.1. The minimum Gasteiger partial charge on any atom is -0.383 e. The van der Waals surface area contributed by atoms with E-state index in [4.69, 9.17) is 9.73 Å². The molecule has 2 heterocycles. The quantitative estimate of drug-likeness (QED) is 0.343. The predicted octanol–water partition coefficient (Wildman–Crippen LogP) is 1.19. The van der Waals surface area contributed by atoms with E-state index in [1.165, 1.54) is 12.8 Å². The normalized spacial score (nSPS) is 16.4. The number of guanidine groups is 1. The second-order valence-electron chi connectivity index (χ2n) is 6.63. The van der Waals surface area contributed by atoms with Crippen molar-refractivity contribution in [3.8, 4) is 0 Å². The SMILES string of the molecule is CCNC(=NCC1CCN(CCOC)CC1)N(C)Cc1ncnn1C.I. The predicted molar refractivity (Wildman–Crippen MR) is 115 cm³/mol. The topological polar surface area (TPSA) is 70.8 Å². The number of likely N-dealkylation sites (tertiary alicyclic amines) is 1. The molecule has 0 bridgehead atoms. The molecule has 8 nitrogen and oxygen atoms in total. The summed E-state index contributed by atoms with van der Waals surface area (Å²) in [5.74, 6) is 2.53. The summed E-state index contributed by atoms with van der Waals surface area (Å²) in [6, 6.07) is 0. The highest BCUT2D eigenvalue weighted by Gasteiger charge is 2.19. The third kappa shape index (κ3) is 7.36. The number of hydrogen-bond donors (Lipinski definition) is 1. The van der Waals surface area contributed by atoms with Gasteiger partial charge in [0.2, 0.25) is 0 Å². The second-order valence-corrected chi connectivity index (χ2v) is 6.63. The summed E-state index contributed by atoms with van der Waals surface area (Å²) in [6.45, 7) is 8.68. The maximum absolute atomic E-state index is 5.17. The number of aromatic nitrogens is 3. The van der Waals surface area contributed by atoms with Crippen LogP contribution in [0.25, 0.3) is 0 Å². The number of methoxy groups -OCH3 is 1. The Labute approximate surface area is 174 Å². The van der Waals surface area contributed by atoms with Crippen LogP contribution in [0.5, 0.6) is 0 Å². The molecule has 0 aromatic carbocycles. The first-order chi connectivity index (χ1) is 12.1. The molecule has 0 amide bonds. The highest BCUT2D eigenvalue weighted by atomic mass is 127. The van der Waals surface area contributed by atoms with Gasteiger partial charge in [0.05, 0.1) is 13.2 Å². The summed E-state index contributed by atoms with van der Waals surface area (Å²) in [7, 11) is 5.72. The van der Waals surface area contributed by atoms with Gasteiger partial charge in [0.25, 0.3) is 0 Å². The van der Waals surface area contributed by atoms with Gasteiger partial charge in [-0.25, -0.2) is 4.98 Å². The molecule has 0 atom stereocenters. The molecule has 1 aromatic rings. The van der Waals surface area contributed by atoms with Crippen LogP contribution in [-0.4, -0.2) is 84.0 Å². The third-order valence-corrected chi connectivity index (χ3v) is 4.70. The van der Waals surface area contributed by atoms with E-state index in [0.29, 0.717) is 12.5 Å². The Bertz CT molecular complexity index is 529. The van der Waals surface area contributed by atoms with Crippen LogP contribution in [0.3, 0.4) is 0 Å². The lowest BCUT2D eigenvalue weighted by Crippen LogP contribution is -2.40. The van der Waals surface area contributed by atoms with Gasteiger partial charge in [-0.05, 0) is 38.8 Å². The van der Waals surface area contributed by atoms with Crippen LogP contribution in [0.4, 0.5) is 0 Å². The summed E-state index contributed by atoms with van der Waals surface area (Å²) >= 11 is 0. The molecule has 0 spiro atoms. The van der Waals surface area contributed by atoms with Crippen molar-refractivity contribution in [3.05, 3.63) is 12.2 Å². The minimum atomic E-state index is 0. The van der Waals surface area contributed by atoms with Gasteiger partial charge in [-0.3, -0.25) is 9.67 Å². The highest BCUT2D eigenvalue weighted by Crippen LogP contribution is 2.17. The Kier molecular flexibility index (Phi) is 11.1. The molecule has 1 N–H and O–H groups in total. The number of rotatable bonds is 8. The van der Waals surface area contributed by atoms with Crippen LogP contribution in [0, 0.1) is 5.92 Å². The maximum Gasteiger partial charge on any atom is 0.194 e. The van der Waals surface area contributed by atoms with E-state index >= 15 is 0 Å². The molecular formula is C17H34IN7O. The molecule has 1 fully saturated rings. The summed E-state index contributed by atoms with van der Waals surface area (Å²) in [4.78, 5) is 13.8. The highest BCUT2D eigenvalue weighted by molar-refractivity contribution is 14.0. The molecule has 1 aliphatic heterocycles. The van der Waals surface area contributed by atoms with Crippen LogP contribution in [-0.2, 0) is 18.3 Å². The molecule has 0 unspecified atom stereocenters. The van der Waals surface area contributed by atoms with E-state index in [1.807, 2.05) is 14.1 Å². The second kappa shape index (κ2) is 12.4. The molecule has 26 heavy (non-hydrogen) atoms. The van der Waals surface area contributed by atoms with Crippen molar-refractivity contribution in [3.63, 3.8) is 0 Å². The Morgan fingerprint density at radius 1 is 1.42 bits per heavy atom. The monoisotopic (exact) mass is 479 g/mol. The number of hydrogen-bond acceptors (Lipinski definition) is 5. The Hall–Kier alpha value is -0.940. The van der Waals surface area contributed by atoms with Gasteiger partial charge >= 0.3 is 0 Å². The molecule has 0 aliphatic carbocycles. The smallest absolute Gasteiger partial charge is 0.194 e. The summed E-state index contributed by atoms with van der Waals surface area (Å²) < 4.78 is 6.97. The lowest BCUT2D eigenvalue weighted by Gasteiger charge is -2.31. The summed E-state index contributed by atoms with van der Waals surface area (Å²) in [6.07, 6.45) is 4.00. The van der Waals surface area contributed by atoms with Crippen LogP contribution in [0.15, 0.2) is 11.3 Å². The number of nitrogens with zero attached hydrogens (tertiary/aromatic N) is 6. The van der Waals surface area contributed by atoms with E-state index in [-0.39, 0.29) is 24.0 Å². The molecule has 2 rings (SSSR count). The molecule has 1 saturated heterocycles. The van der Waals surface area contributed by atoms with Crippen LogP contribution < -0.4 is 5.32 Å². The molecule has 1 aliphatic rings. The zero-order valence-electron chi connectivity index (χ0n) is 16.5. The van der Waals surface area contributed by atoms with Crippen LogP contribution in [0.1, 0.15) is 25.6 Å². The lowest BCUT2D eigenvalue weighted by atomic mass is 9.97. The van der Waals surface area contributed by atoms with Gasteiger partial charge in [-0.1, -0.05) is 0 Å². The molecule has 0 saturated carbocycles. The van der Waals surface area contributed by atoms with Gasteiger partial charge in [-0.2, -0.15) is 5.10 Å². The molecule has 0 radical (unpaired) electrons. The van der Waals surface area contributed by atoms with E-state index in [9.17, 15) is 0 Å². The number of halogens is 1. The zero-order valence-corrected chi connectivity index (χ0v) is 18.8. The van der Waals surface area contributed by atoms with Crippen LogP contribution >= 0.6 is 24.0 Å². The number of ether oxygens (including phenoxy) is 1. The van der Waals surface area contributed by atoms with Gasteiger partial charge in [0.1, 0.15) is 12.2 Å². The first-order valence-corrected chi connectivity index (χ1v) is 9.17. The standard InChI is InChI=1S/C17H33N7O.HI/c1-5-18-17(22(2)13-16-20-14-21-23(16)3)19-12-15-6-8-24(9-7-15)10-11-25-4;/h14-15H,5-13H2,1-4H3,(H,18,19);1H. The summed E-state index contributed by atoms with van der Waals surface area (Å²) in [5, 5.41) is 7.51. The molecule has 1 aromatic heterocycles. The largest absolute Gasteiger partial charge is 0.383 e. The average molecular weight is 479 g/mol. The van der Waals surface area contributed by atoms with Gasteiger partial charge in [-0.15, -0.1) is 24.0 Å². The number of aryl methyl sites for hydroxylation is 1. The molecule has 9 heteroatoms. The van der Waals surface area contributed by atoms with Gasteiger partial charge < -0.3 is 19.9 Å². The van der Waals surface area contributed by atoms with Crippen LogP contribution in [0.2, 0.25) is 0 Å². The fourth-order valence-corrected chi connectivity index (χ4v) is 3.05. The Morgan fingerprint density at radius 2 is 2.15 bits per heavy atom. The van der Waals surface area contributed by atoms with E-state index in [2.05, 4.69) is 32.1 Å². The van der Waals surface area contributed by atoms with E-state index < -0.39 is 0 Å². The number of piperidine rings is 1. The van der Waals surface area contributed by atoms with Crippen molar-refractivity contribution in [1.82, 2.24) is 29.9 Å². The Balaban J connectivity index is 0.00000338. The van der Waals surface area contributed by atoms with E-state index in [1.54, 1.807) is 18.1 Å². The Morgan fingerprint density at radius 3 is 2.73 bits per heavy atom. The molecule has 150 valence electrons. The van der Waals surface area contributed by atoms with Gasteiger partial charge in [0, 0.05) is 40.8 Å². The van der Waals surface area contributed by atoms with Crippen molar-refractivity contribution in [2.75, 3.05) is 53.5 Å². The fraction of sp³-hybridized carbons (Fsp3) is 0.824. The van der Waals surface area contributed by atoms with Crippen molar-refractivity contribution >= 4 is 29.9 Å². The van der Waals surface area contributed by atoms with Crippen molar-refractivity contribution in [1.29, 1.82) is 0 Å². The van der Waals surface area contributed by atoms with Crippen molar-refractivity contribution < 1.29 is 4.74 Å². The first-order valence-electron chi connectivity index (χ1n) is 9.17. The van der Waals surface area contributed by atoms with E-state index in [0.717, 1.165) is 51.1 Å². The summed E-state index contributed by atoms with van der Waals surface area (Å²) in [5.41, 5.74) is 0.